The quantitative estimate of drug-likeness (QED) is 0.262. The van der Waals surface area contributed by atoms with Crippen molar-refractivity contribution in [3.63, 3.8) is 0 Å². The van der Waals surface area contributed by atoms with Crippen LogP contribution in [0.15, 0.2) is 4.42 Å². The molecule has 0 aliphatic carbocycles. The first-order valence-electron chi connectivity index (χ1n) is 11.0. The summed E-state index contributed by atoms with van der Waals surface area (Å²) in [5.74, 6) is -19.6. The van der Waals surface area contributed by atoms with Gasteiger partial charge in [0.05, 0.1) is 26.4 Å². The van der Waals surface area contributed by atoms with Crippen LogP contribution < -0.4 is 15.7 Å². The lowest BCUT2D eigenvalue weighted by molar-refractivity contribution is -0.0430. The van der Waals surface area contributed by atoms with Gasteiger partial charge in [0.1, 0.15) is 23.3 Å². The van der Waals surface area contributed by atoms with Crippen LogP contribution in [0.1, 0.15) is 0 Å². The van der Waals surface area contributed by atoms with Crippen LogP contribution in [0.25, 0.3) is 48.2 Å². The summed E-state index contributed by atoms with van der Waals surface area (Å²) < 4.78 is 326. The Balaban J connectivity index is 2.63. The lowest BCUT2D eigenvalue weighted by Crippen LogP contribution is -2.27. The Morgan fingerprint density at radius 2 is 0.592 bits per heavy atom. The van der Waals surface area contributed by atoms with Crippen LogP contribution in [0.3, 0.4) is 0 Å². The summed E-state index contributed by atoms with van der Waals surface area (Å²) in [5.41, 5.74) is -25.7. The number of rotatable bonds is 3. The minimum absolute atomic E-state index is 2.60. The number of hydrogen-bond donors (Lipinski definition) is 0. The molecule has 49 heavy (non-hydrogen) atoms. The van der Waals surface area contributed by atoms with Gasteiger partial charge in [-0.1, -0.05) is 0 Å². The fraction of sp³-hybridized carbons (Fsp3) is 0.143. The molecule has 0 bridgehead atoms. The van der Waals surface area contributed by atoms with E-state index in [-0.39, 0.29) is 0 Å². The Kier molecular flexibility index (Phi) is 8.32. The van der Waals surface area contributed by atoms with Gasteiger partial charge in [-0.25, -0.2) is 51.6 Å². The van der Waals surface area contributed by atoms with Crippen LogP contribution in [0.5, 0.6) is 0 Å². The maximum Gasteiger partial charge on any atom is 0.504 e. The SMILES string of the molecule is O=S(=O)(/C(F)=c1\c(F)c2oc3c(F)/c(=C(\F)S(=O)(=O)C(F)(F)F)c(F)c3c3c(F)/c(=C(\F)S(=O)(=O)C(F)(F)F)c(F)c3c2c1F)C(F)(F)F. The third-order valence-corrected chi connectivity index (χ3v) is 10.1. The molecule has 1 heterocycles. The van der Waals surface area contributed by atoms with Crippen molar-refractivity contribution >= 4 is 77.7 Å². The van der Waals surface area contributed by atoms with Gasteiger partial charge in [0.2, 0.25) is 15.5 Å². The molecule has 0 radical (unpaired) electrons. The van der Waals surface area contributed by atoms with Gasteiger partial charge in [0, 0.05) is 10.8 Å². The maximum atomic E-state index is 15.6. The Labute approximate surface area is 253 Å². The van der Waals surface area contributed by atoms with E-state index in [1.165, 1.54) is 0 Å². The van der Waals surface area contributed by atoms with Crippen LogP contribution in [0.4, 0.5) is 79.0 Å². The van der Waals surface area contributed by atoms with Gasteiger partial charge in [0.25, 0.3) is 0 Å². The van der Waals surface area contributed by atoms with Gasteiger partial charge in [-0.05, 0) is 0 Å². The van der Waals surface area contributed by atoms with E-state index in [0.29, 0.717) is 0 Å². The Bertz CT molecular complexity index is 2530. The van der Waals surface area contributed by atoms with Crippen molar-refractivity contribution in [2.75, 3.05) is 0 Å². The summed E-state index contributed by atoms with van der Waals surface area (Å²) in [4.78, 5) is 0. The fourth-order valence-corrected chi connectivity index (χ4v) is 6.04. The van der Waals surface area contributed by atoms with E-state index >= 15 is 26.3 Å². The molecule has 0 spiro atoms. The first-order valence-corrected chi connectivity index (χ1v) is 15.5. The second-order valence-corrected chi connectivity index (χ2v) is 14.4. The molecule has 0 atom stereocenters. The van der Waals surface area contributed by atoms with Gasteiger partial charge in [-0.3, -0.25) is 0 Å². The fourth-order valence-electron chi connectivity index (χ4n) is 4.09. The predicted octanol–water partition coefficient (Wildman–Crippen LogP) is 5.20. The zero-order valence-corrected chi connectivity index (χ0v) is 23.8. The highest BCUT2D eigenvalue weighted by molar-refractivity contribution is 8.01. The minimum Gasteiger partial charge on any atom is -0.450 e. The monoisotopic (exact) mass is 802 g/mol. The van der Waals surface area contributed by atoms with Crippen molar-refractivity contribution in [3.05, 3.63) is 50.6 Å². The predicted molar refractivity (Wildman–Crippen MR) is 124 cm³/mol. The number of halogens is 18. The van der Waals surface area contributed by atoms with Gasteiger partial charge in [-0.2, -0.15) is 52.7 Å². The molecule has 0 N–H and O–H groups in total. The van der Waals surface area contributed by atoms with E-state index in [4.69, 9.17) is 0 Å². The number of sulfone groups is 3. The molecule has 0 unspecified atom stereocenters. The molecule has 0 amide bonds. The van der Waals surface area contributed by atoms with E-state index in [9.17, 15) is 77.9 Å². The molecule has 0 saturated carbocycles. The van der Waals surface area contributed by atoms with Crippen LogP contribution in [0.2, 0.25) is 0 Å². The molecule has 4 rings (SSSR count). The lowest BCUT2D eigenvalue weighted by Gasteiger charge is -2.04. The second-order valence-electron chi connectivity index (χ2n) is 8.94. The molecule has 1 aromatic heterocycles. The third-order valence-electron chi connectivity index (χ3n) is 6.21. The highest BCUT2D eigenvalue weighted by Gasteiger charge is 2.53. The number of hydrogen-bond acceptors (Lipinski definition) is 7. The molecular formula is C21F18O7S3. The summed E-state index contributed by atoms with van der Waals surface area (Å²) in [6.45, 7) is 0. The summed E-state index contributed by atoms with van der Waals surface area (Å²) in [6.07, 6.45) is 0. The Morgan fingerprint density at radius 3 is 0.816 bits per heavy atom. The van der Waals surface area contributed by atoms with E-state index in [1.807, 2.05) is 0 Å². The Morgan fingerprint density at radius 1 is 0.388 bits per heavy atom. The molecule has 3 aromatic carbocycles. The second kappa shape index (κ2) is 10.8. The van der Waals surface area contributed by atoms with Gasteiger partial charge in [-0.15, -0.1) is 0 Å². The minimum atomic E-state index is -7.60. The van der Waals surface area contributed by atoms with E-state index in [2.05, 4.69) is 4.42 Å². The number of alkyl halides is 9. The van der Waals surface area contributed by atoms with Crippen molar-refractivity contribution < 1.29 is 109 Å². The molecule has 28 heteroatoms. The van der Waals surface area contributed by atoms with Crippen LogP contribution in [-0.4, -0.2) is 41.8 Å². The topological polar surface area (TPSA) is 116 Å². The van der Waals surface area contributed by atoms with Crippen molar-refractivity contribution in [3.8, 4) is 0 Å². The Hall–Kier alpha value is -3.95. The average molecular weight is 802 g/mol. The van der Waals surface area contributed by atoms with Crippen molar-refractivity contribution in [1.82, 2.24) is 0 Å². The molecule has 0 aliphatic heterocycles. The molecule has 0 aliphatic rings. The lowest BCUT2D eigenvalue weighted by atomic mass is 10.1. The largest absolute Gasteiger partial charge is 0.504 e. The molecule has 270 valence electrons. The summed E-state index contributed by atoms with van der Waals surface area (Å²) in [7, 11) is -22.6. The van der Waals surface area contributed by atoms with Crippen molar-refractivity contribution in [1.29, 1.82) is 0 Å². The van der Waals surface area contributed by atoms with Crippen molar-refractivity contribution in [2.24, 2.45) is 0 Å². The zero-order valence-electron chi connectivity index (χ0n) is 21.4. The molecule has 7 nitrogen and oxygen atoms in total. The van der Waals surface area contributed by atoms with Crippen molar-refractivity contribution in [2.45, 2.75) is 16.5 Å². The van der Waals surface area contributed by atoms with Crippen LogP contribution >= 0.6 is 0 Å². The molecule has 0 saturated heterocycles. The third kappa shape index (κ3) is 4.98. The number of fused-ring (bicyclic) bond motifs is 5. The highest BCUT2D eigenvalue weighted by atomic mass is 32.2. The van der Waals surface area contributed by atoms with Gasteiger partial charge < -0.3 is 4.42 Å². The van der Waals surface area contributed by atoms with Gasteiger partial charge in [0.15, 0.2) is 22.8 Å². The average Bonchev–Trinajstić information content (AvgIpc) is 3.35. The zero-order chi connectivity index (χ0) is 38.1. The summed E-state index contributed by atoms with van der Waals surface area (Å²) in [5, 5.41) is -31.9. The summed E-state index contributed by atoms with van der Waals surface area (Å²) >= 11 is 0. The standard InChI is InChI=1S/C21F18O7S3/c22-8-1-2(9(23)5(8)16(28)47(40,41)19(31,32)33)4-11(25)7(18(30)49(44,45)21(37,38)39)13(27)15(4)46-14-3(1)10(24)6(12(14)26)17(29)48(42,43)20(34,35)36/b16-5-,17-6+,18-7-. The van der Waals surface area contributed by atoms with E-state index in [0.717, 1.165) is 0 Å². The van der Waals surface area contributed by atoms with E-state index < -0.39 is 145 Å². The highest BCUT2D eigenvalue weighted by Crippen LogP contribution is 2.41. The first kappa shape index (κ1) is 37.9. The van der Waals surface area contributed by atoms with E-state index in [1.54, 1.807) is 0 Å². The molecule has 4 aromatic rings. The van der Waals surface area contributed by atoms with Crippen LogP contribution in [-0.2, 0) is 29.5 Å². The maximum absolute atomic E-state index is 15.6. The first-order chi connectivity index (χ1) is 21.8. The molecule has 0 fully saturated rings. The molecular weight excluding hydrogens is 802 g/mol. The normalized spacial score (nSPS) is 16.2. The van der Waals surface area contributed by atoms with Crippen LogP contribution in [0, 0.1) is 34.9 Å². The summed E-state index contributed by atoms with van der Waals surface area (Å²) in [6, 6.07) is 0. The van der Waals surface area contributed by atoms with Gasteiger partial charge >= 0.3 is 46.0 Å². The smallest absolute Gasteiger partial charge is 0.450 e.